The lowest BCUT2D eigenvalue weighted by atomic mass is 10.1. The van der Waals surface area contributed by atoms with Crippen LogP contribution in [0, 0.1) is 0 Å². The molecule has 1 heterocycles. The second kappa shape index (κ2) is 6.68. The second-order valence-electron chi connectivity index (χ2n) is 3.60. The maximum absolute atomic E-state index is 5.63. The molecule has 1 rings (SSSR count). The van der Waals surface area contributed by atoms with E-state index >= 15 is 0 Å². The van der Waals surface area contributed by atoms with Gasteiger partial charge in [-0.05, 0) is 45.0 Å². The first-order valence-electron chi connectivity index (χ1n) is 5.31. The molecule has 0 aromatic rings. The standard InChI is InChI=1S/C10H21NOS/c1-2-12-10-5-3-6-11(9-10)7-4-8-13/h10,13H,2-9H2,1H3. The number of hydrogen-bond acceptors (Lipinski definition) is 3. The van der Waals surface area contributed by atoms with Gasteiger partial charge in [0.2, 0.25) is 0 Å². The Morgan fingerprint density at radius 3 is 3.08 bits per heavy atom. The smallest absolute Gasteiger partial charge is 0.0702 e. The average molecular weight is 203 g/mol. The molecule has 0 spiro atoms. The summed E-state index contributed by atoms with van der Waals surface area (Å²) in [5.74, 6) is 0.996. The molecular formula is C10H21NOS. The fourth-order valence-electron chi connectivity index (χ4n) is 1.88. The Morgan fingerprint density at radius 1 is 1.54 bits per heavy atom. The normalized spacial score (nSPS) is 24.9. The van der Waals surface area contributed by atoms with Gasteiger partial charge in [-0.2, -0.15) is 12.6 Å². The summed E-state index contributed by atoms with van der Waals surface area (Å²) in [7, 11) is 0. The van der Waals surface area contributed by atoms with Crippen molar-refractivity contribution in [3.8, 4) is 0 Å². The van der Waals surface area contributed by atoms with Crippen LogP contribution in [0.15, 0.2) is 0 Å². The van der Waals surface area contributed by atoms with E-state index in [0.29, 0.717) is 6.10 Å². The van der Waals surface area contributed by atoms with Crippen LogP contribution >= 0.6 is 12.6 Å². The summed E-state index contributed by atoms with van der Waals surface area (Å²) in [4.78, 5) is 2.50. The third kappa shape index (κ3) is 4.34. The molecule has 1 aliphatic rings. The zero-order valence-electron chi connectivity index (χ0n) is 8.54. The van der Waals surface area contributed by atoms with Gasteiger partial charge in [0.05, 0.1) is 6.10 Å². The van der Waals surface area contributed by atoms with Crippen molar-refractivity contribution in [1.82, 2.24) is 4.90 Å². The summed E-state index contributed by atoms with van der Waals surface area (Å²) in [6.45, 7) is 6.49. The topological polar surface area (TPSA) is 12.5 Å². The molecule has 3 heteroatoms. The summed E-state index contributed by atoms with van der Waals surface area (Å²) in [6.07, 6.45) is 4.21. The monoisotopic (exact) mass is 203 g/mol. The molecule has 78 valence electrons. The highest BCUT2D eigenvalue weighted by atomic mass is 32.1. The van der Waals surface area contributed by atoms with Gasteiger partial charge < -0.3 is 9.64 Å². The van der Waals surface area contributed by atoms with Crippen molar-refractivity contribution >= 4 is 12.6 Å². The predicted octanol–water partition coefficient (Wildman–Crippen LogP) is 1.81. The van der Waals surface area contributed by atoms with Gasteiger partial charge in [-0.3, -0.25) is 0 Å². The van der Waals surface area contributed by atoms with Gasteiger partial charge >= 0.3 is 0 Å². The van der Waals surface area contributed by atoms with Crippen LogP contribution in [0.5, 0.6) is 0 Å². The van der Waals surface area contributed by atoms with E-state index in [1.807, 2.05) is 0 Å². The molecule has 0 amide bonds. The van der Waals surface area contributed by atoms with Crippen molar-refractivity contribution < 1.29 is 4.74 Å². The fraction of sp³-hybridized carbons (Fsp3) is 1.00. The minimum atomic E-state index is 0.485. The number of nitrogens with zero attached hydrogens (tertiary/aromatic N) is 1. The van der Waals surface area contributed by atoms with Crippen LogP contribution < -0.4 is 0 Å². The van der Waals surface area contributed by atoms with Crippen LogP contribution in [0.4, 0.5) is 0 Å². The third-order valence-corrected chi connectivity index (χ3v) is 2.81. The highest BCUT2D eigenvalue weighted by Gasteiger charge is 2.18. The van der Waals surface area contributed by atoms with Crippen LogP contribution in [0.3, 0.4) is 0 Å². The Labute approximate surface area is 87.0 Å². The predicted molar refractivity (Wildman–Crippen MR) is 59.6 cm³/mol. The van der Waals surface area contributed by atoms with Crippen molar-refractivity contribution in [1.29, 1.82) is 0 Å². The molecule has 2 nitrogen and oxygen atoms in total. The first-order valence-corrected chi connectivity index (χ1v) is 5.95. The van der Waals surface area contributed by atoms with E-state index in [1.165, 1.54) is 32.4 Å². The lowest BCUT2D eigenvalue weighted by Gasteiger charge is -2.32. The zero-order chi connectivity index (χ0) is 9.52. The Balaban J connectivity index is 2.16. The zero-order valence-corrected chi connectivity index (χ0v) is 9.43. The van der Waals surface area contributed by atoms with Gasteiger partial charge in [0.15, 0.2) is 0 Å². The van der Waals surface area contributed by atoms with E-state index < -0.39 is 0 Å². The van der Waals surface area contributed by atoms with Crippen LogP contribution in [0.2, 0.25) is 0 Å². The van der Waals surface area contributed by atoms with E-state index in [4.69, 9.17) is 4.74 Å². The molecule has 0 radical (unpaired) electrons. The highest BCUT2D eigenvalue weighted by Crippen LogP contribution is 2.13. The molecule has 1 unspecified atom stereocenters. The number of thiol groups is 1. The highest BCUT2D eigenvalue weighted by molar-refractivity contribution is 7.80. The molecule has 0 aliphatic carbocycles. The van der Waals surface area contributed by atoms with E-state index in [1.54, 1.807) is 0 Å². The van der Waals surface area contributed by atoms with Gasteiger partial charge in [-0.1, -0.05) is 0 Å². The van der Waals surface area contributed by atoms with Gasteiger partial charge in [-0.15, -0.1) is 0 Å². The van der Waals surface area contributed by atoms with E-state index in [2.05, 4.69) is 24.5 Å². The van der Waals surface area contributed by atoms with Crippen molar-refractivity contribution in [3.05, 3.63) is 0 Å². The van der Waals surface area contributed by atoms with Crippen LogP contribution in [0.25, 0.3) is 0 Å². The second-order valence-corrected chi connectivity index (χ2v) is 4.04. The first-order chi connectivity index (χ1) is 6.36. The van der Waals surface area contributed by atoms with Crippen molar-refractivity contribution in [2.24, 2.45) is 0 Å². The Bertz CT molecular complexity index is 130. The first kappa shape index (κ1) is 11.3. The minimum Gasteiger partial charge on any atom is -0.377 e. The molecule has 0 N–H and O–H groups in total. The summed E-state index contributed by atoms with van der Waals surface area (Å²) < 4.78 is 5.63. The van der Waals surface area contributed by atoms with E-state index in [0.717, 1.165) is 18.9 Å². The molecule has 13 heavy (non-hydrogen) atoms. The molecule has 0 aromatic heterocycles. The third-order valence-electron chi connectivity index (χ3n) is 2.50. The minimum absolute atomic E-state index is 0.485. The lowest BCUT2D eigenvalue weighted by molar-refractivity contribution is 0.00615. The van der Waals surface area contributed by atoms with E-state index in [9.17, 15) is 0 Å². The summed E-state index contributed by atoms with van der Waals surface area (Å²) in [6, 6.07) is 0. The molecule has 1 fully saturated rings. The number of piperidine rings is 1. The van der Waals surface area contributed by atoms with Crippen LogP contribution in [0.1, 0.15) is 26.2 Å². The SMILES string of the molecule is CCOC1CCCN(CCCS)C1. The van der Waals surface area contributed by atoms with Crippen molar-refractivity contribution in [2.45, 2.75) is 32.3 Å². The maximum atomic E-state index is 5.63. The molecular weight excluding hydrogens is 182 g/mol. The molecule has 0 aromatic carbocycles. The van der Waals surface area contributed by atoms with Gasteiger partial charge in [0.1, 0.15) is 0 Å². The largest absolute Gasteiger partial charge is 0.377 e. The van der Waals surface area contributed by atoms with Gasteiger partial charge in [0.25, 0.3) is 0 Å². The van der Waals surface area contributed by atoms with Crippen molar-refractivity contribution in [2.75, 3.05) is 32.0 Å². The molecule has 0 bridgehead atoms. The van der Waals surface area contributed by atoms with Crippen molar-refractivity contribution in [3.63, 3.8) is 0 Å². The number of ether oxygens (including phenoxy) is 1. The molecule has 1 atom stereocenters. The molecule has 1 saturated heterocycles. The Morgan fingerprint density at radius 2 is 2.38 bits per heavy atom. The summed E-state index contributed by atoms with van der Waals surface area (Å²) >= 11 is 4.23. The number of hydrogen-bond donors (Lipinski definition) is 1. The fourth-order valence-corrected chi connectivity index (χ4v) is 2.02. The van der Waals surface area contributed by atoms with Gasteiger partial charge in [-0.25, -0.2) is 0 Å². The number of likely N-dealkylation sites (tertiary alicyclic amines) is 1. The maximum Gasteiger partial charge on any atom is 0.0702 e. The Kier molecular flexibility index (Phi) is 5.83. The summed E-state index contributed by atoms with van der Waals surface area (Å²) in [5.41, 5.74) is 0. The molecule has 1 aliphatic heterocycles. The Hall–Kier alpha value is 0.270. The van der Waals surface area contributed by atoms with Crippen LogP contribution in [-0.4, -0.2) is 43.0 Å². The summed E-state index contributed by atoms with van der Waals surface area (Å²) in [5, 5.41) is 0. The number of rotatable bonds is 5. The van der Waals surface area contributed by atoms with E-state index in [-0.39, 0.29) is 0 Å². The molecule has 0 saturated carbocycles. The lowest BCUT2D eigenvalue weighted by Crippen LogP contribution is -2.40. The average Bonchev–Trinajstić information content (AvgIpc) is 2.16. The van der Waals surface area contributed by atoms with Crippen LogP contribution in [-0.2, 0) is 4.74 Å². The quantitative estimate of drug-likeness (QED) is 0.684. The van der Waals surface area contributed by atoms with Gasteiger partial charge in [0, 0.05) is 13.2 Å².